The molecule has 15 heavy (non-hydrogen) atoms. The number of halogens is 1. The summed E-state index contributed by atoms with van der Waals surface area (Å²) in [5.41, 5.74) is 1.35. The lowest BCUT2D eigenvalue weighted by Gasteiger charge is -2.00. The number of hydrogen-bond acceptors (Lipinski definition) is 2. The summed E-state index contributed by atoms with van der Waals surface area (Å²) in [6, 6.07) is 10.4. The predicted octanol–water partition coefficient (Wildman–Crippen LogP) is 2.56. The molecule has 3 nitrogen and oxygen atoms in total. The highest BCUT2D eigenvalue weighted by atomic mass is 35.5. The molecule has 0 aliphatic rings. The maximum absolute atomic E-state index is 5.61. The Labute approximate surface area is 93.7 Å². The molecule has 0 unspecified atom stereocenters. The normalized spacial score (nSPS) is 10.5. The first-order chi connectivity index (χ1) is 7.34. The fourth-order valence-corrected chi connectivity index (χ4v) is 1.61. The van der Waals surface area contributed by atoms with Crippen molar-refractivity contribution in [3.05, 3.63) is 47.5 Å². The summed E-state index contributed by atoms with van der Waals surface area (Å²) in [4.78, 5) is 3.86. The summed E-state index contributed by atoms with van der Waals surface area (Å²) >= 11 is 5.61. The Hall–Kier alpha value is -1.35. The highest BCUT2D eigenvalue weighted by molar-refractivity contribution is 6.28. The van der Waals surface area contributed by atoms with E-state index in [1.54, 1.807) is 11.0 Å². The maximum Gasteiger partial charge on any atom is 0.242 e. The third-order valence-electron chi connectivity index (χ3n) is 2.20. The topological polar surface area (TPSA) is 30.7 Å². The molecule has 0 fully saturated rings. The Balaban J connectivity index is 1.80. The summed E-state index contributed by atoms with van der Waals surface area (Å²) < 4.78 is 1.77. The van der Waals surface area contributed by atoms with Crippen LogP contribution in [0.5, 0.6) is 0 Å². The summed E-state index contributed by atoms with van der Waals surface area (Å²) in [6.45, 7) is 0.856. The monoisotopic (exact) mass is 221 g/mol. The number of hydrogen-bond donors (Lipinski definition) is 0. The van der Waals surface area contributed by atoms with Crippen LogP contribution >= 0.6 is 11.6 Å². The van der Waals surface area contributed by atoms with E-state index >= 15 is 0 Å². The van der Waals surface area contributed by atoms with Crippen LogP contribution in [0.15, 0.2) is 36.7 Å². The maximum atomic E-state index is 5.61. The SMILES string of the molecule is Clc1ncn(CCCc2ccccc2)n1. The van der Waals surface area contributed by atoms with Gasteiger partial charge in [0.2, 0.25) is 5.28 Å². The molecular weight excluding hydrogens is 210 g/mol. The van der Waals surface area contributed by atoms with Crippen LogP contribution in [0.2, 0.25) is 5.28 Å². The molecule has 1 heterocycles. The Morgan fingerprint density at radius 1 is 1.20 bits per heavy atom. The van der Waals surface area contributed by atoms with Gasteiger partial charge in [-0.2, -0.15) is 0 Å². The van der Waals surface area contributed by atoms with E-state index in [2.05, 4.69) is 34.3 Å². The van der Waals surface area contributed by atoms with Crippen LogP contribution in [-0.4, -0.2) is 14.8 Å². The second kappa shape index (κ2) is 4.94. The molecule has 0 amide bonds. The largest absolute Gasteiger partial charge is 0.251 e. The fourth-order valence-electron chi connectivity index (χ4n) is 1.47. The van der Waals surface area contributed by atoms with E-state index in [0.29, 0.717) is 5.28 Å². The van der Waals surface area contributed by atoms with E-state index < -0.39 is 0 Å². The van der Waals surface area contributed by atoms with Crippen molar-refractivity contribution in [1.29, 1.82) is 0 Å². The van der Waals surface area contributed by atoms with Crippen LogP contribution in [0.3, 0.4) is 0 Å². The zero-order chi connectivity index (χ0) is 10.5. The quantitative estimate of drug-likeness (QED) is 0.795. The van der Waals surface area contributed by atoms with E-state index in [-0.39, 0.29) is 0 Å². The van der Waals surface area contributed by atoms with E-state index in [4.69, 9.17) is 11.6 Å². The predicted molar refractivity (Wildman–Crippen MR) is 59.8 cm³/mol. The summed E-state index contributed by atoms with van der Waals surface area (Å²) in [7, 11) is 0. The van der Waals surface area contributed by atoms with Crippen molar-refractivity contribution >= 4 is 11.6 Å². The molecule has 2 aromatic rings. The van der Waals surface area contributed by atoms with Crippen LogP contribution in [0, 0.1) is 0 Å². The average molecular weight is 222 g/mol. The number of aryl methyl sites for hydroxylation is 2. The van der Waals surface area contributed by atoms with Crippen LogP contribution in [0.1, 0.15) is 12.0 Å². The molecule has 0 radical (unpaired) electrons. The molecule has 1 aromatic carbocycles. The van der Waals surface area contributed by atoms with Crippen molar-refractivity contribution in [3.8, 4) is 0 Å². The molecule has 0 atom stereocenters. The van der Waals surface area contributed by atoms with Gasteiger partial charge < -0.3 is 0 Å². The summed E-state index contributed by atoms with van der Waals surface area (Å²) in [6.07, 6.45) is 3.76. The minimum Gasteiger partial charge on any atom is -0.251 e. The van der Waals surface area contributed by atoms with Crippen LogP contribution in [0.4, 0.5) is 0 Å². The smallest absolute Gasteiger partial charge is 0.242 e. The highest BCUT2D eigenvalue weighted by Crippen LogP contribution is 2.04. The molecule has 0 aliphatic carbocycles. The summed E-state index contributed by atoms with van der Waals surface area (Å²) in [5, 5.41) is 4.33. The van der Waals surface area contributed by atoms with E-state index in [1.165, 1.54) is 5.56 Å². The molecule has 0 bridgehead atoms. The van der Waals surface area contributed by atoms with Gasteiger partial charge in [0.15, 0.2) is 0 Å². The van der Waals surface area contributed by atoms with Gasteiger partial charge >= 0.3 is 0 Å². The molecule has 0 aliphatic heterocycles. The molecule has 0 N–H and O–H groups in total. The molecule has 2 rings (SSSR count). The first kappa shape index (κ1) is 10.2. The molecule has 0 saturated carbocycles. The Morgan fingerprint density at radius 3 is 2.67 bits per heavy atom. The summed E-state index contributed by atoms with van der Waals surface area (Å²) in [5.74, 6) is 0. The van der Waals surface area contributed by atoms with Gasteiger partial charge in [-0.25, -0.2) is 4.98 Å². The van der Waals surface area contributed by atoms with E-state index in [0.717, 1.165) is 19.4 Å². The zero-order valence-electron chi connectivity index (χ0n) is 8.31. The standard InChI is InChI=1S/C11H12ClN3/c12-11-13-9-15(14-11)8-4-7-10-5-2-1-3-6-10/h1-3,5-6,9H,4,7-8H2. The third kappa shape index (κ3) is 3.06. The molecule has 0 spiro atoms. The van der Waals surface area contributed by atoms with Gasteiger partial charge in [-0.1, -0.05) is 30.3 Å². The van der Waals surface area contributed by atoms with Gasteiger partial charge in [-0.05, 0) is 30.0 Å². The van der Waals surface area contributed by atoms with Gasteiger partial charge in [0.1, 0.15) is 6.33 Å². The lowest BCUT2D eigenvalue weighted by Crippen LogP contribution is -1.99. The zero-order valence-corrected chi connectivity index (χ0v) is 9.06. The van der Waals surface area contributed by atoms with E-state index in [1.807, 2.05) is 6.07 Å². The Morgan fingerprint density at radius 2 is 2.00 bits per heavy atom. The molecule has 1 aromatic heterocycles. The van der Waals surface area contributed by atoms with Gasteiger partial charge in [-0.15, -0.1) is 5.10 Å². The van der Waals surface area contributed by atoms with Crippen molar-refractivity contribution in [2.24, 2.45) is 0 Å². The Bertz CT molecular complexity index is 411. The highest BCUT2D eigenvalue weighted by Gasteiger charge is 1.97. The van der Waals surface area contributed by atoms with Crippen molar-refractivity contribution in [3.63, 3.8) is 0 Å². The van der Waals surface area contributed by atoms with Crippen molar-refractivity contribution < 1.29 is 0 Å². The van der Waals surface area contributed by atoms with Crippen LogP contribution in [0.25, 0.3) is 0 Å². The molecule has 78 valence electrons. The fraction of sp³-hybridized carbons (Fsp3) is 0.273. The van der Waals surface area contributed by atoms with Gasteiger partial charge in [0, 0.05) is 6.54 Å². The van der Waals surface area contributed by atoms with Crippen LogP contribution < -0.4 is 0 Å². The molecule has 4 heteroatoms. The van der Waals surface area contributed by atoms with E-state index in [9.17, 15) is 0 Å². The van der Waals surface area contributed by atoms with Crippen LogP contribution in [-0.2, 0) is 13.0 Å². The number of rotatable bonds is 4. The number of nitrogens with zero attached hydrogens (tertiary/aromatic N) is 3. The van der Waals surface area contributed by atoms with Crippen molar-refractivity contribution in [2.75, 3.05) is 0 Å². The third-order valence-corrected chi connectivity index (χ3v) is 2.38. The molecule has 0 saturated heterocycles. The van der Waals surface area contributed by atoms with Crippen molar-refractivity contribution in [1.82, 2.24) is 14.8 Å². The number of benzene rings is 1. The number of aromatic nitrogens is 3. The van der Waals surface area contributed by atoms with Crippen molar-refractivity contribution in [2.45, 2.75) is 19.4 Å². The second-order valence-corrected chi connectivity index (χ2v) is 3.70. The minimum atomic E-state index is 0.315. The average Bonchev–Trinajstić information content (AvgIpc) is 2.66. The first-order valence-corrected chi connectivity index (χ1v) is 5.31. The molecular formula is C11H12ClN3. The van der Waals surface area contributed by atoms with Gasteiger partial charge in [-0.3, -0.25) is 4.68 Å². The second-order valence-electron chi connectivity index (χ2n) is 3.37. The van der Waals surface area contributed by atoms with Gasteiger partial charge in [0.25, 0.3) is 0 Å². The lowest BCUT2D eigenvalue weighted by atomic mass is 10.1. The minimum absolute atomic E-state index is 0.315. The Kier molecular flexibility index (Phi) is 3.35. The van der Waals surface area contributed by atoms with Gasteiger partial charge in [0.05, 0.1) is 0 Å². The lowest BCUT2D eigenvalue weighted by molar-refractivity contribution is 0.577. The first-order valence-electron chi connectivity index (χ1n) is 4.93.